The van der Waals surface area contributed by atoms with Crippen LogP contribution in [0.25, 0.3) is 0 Å². The zero-order valence-electron chi connectivity index (χ0n) is 31.2. The predicted octanol–water partition coefficient (Wildman–Crippen LogP) is 8.31. The van der Waals surface area contributed by atoms with Crippen LogP contribution in [-0.2, 0) is 0 Å². The van der Waals surface area contributed by atoms with Gasteiger partial charge in [-0.2, -0.15) is 0 Å². The van der Waals surface area contributed by atoms with E-state index < -0.39 is 0 Å². The highest BCUT2D eigenvalue weighted by atomic mass is 15.9. The minimum Gasteiger partial charge on any atom is -0.296 e. The van der Waals surface area contributed by atoms with Gasteiger partial charge >= 0.3 is 6.29 Å². The normalized spacial score (nSPS) is 39.7. The molecular formula is C37H71N4+3. The molecule has 3 rings (SSSR count). The molecule has 41 heavy (non-hydrogen) atoms. The van der Waals surface area contributed by atoms with Crippen molar-refractivity contribution in [2.75, 3.05) is 19.6 Å². The molecule has 0 aromatic heterocycles. The molecule has 0 amide bonds. The summed E-state index contributed by atoms with van der Waals surface area (Å²) in [4.78, 5) is 0. The maximum absolute atomic E-state index is 4.68. The third-order valence-corrected chi connectivity index (χ3v) is 15.4. The van der Waals surface area contributed by atoms with E-state index in [1.54, 1.807) is 0 Å². The van der Waals surface area contributed by atoms with Gasteiger partial charge in [0.1, 0.15) is 30.7 Å². The minimum absolute atomic E-state index is 0.0974. The Balaban J connectivity index is 2.93. The van der Waals surface area contributed by atoms with Crippen molar-refractivity contribution in [1.82, 2.24) is 5.32 Å². The highest BCUT2D eigenvalue weighted by molar-refractivity contribution is 5.19. The Kier molecular flexibility index (Phi) is 7.26. The maximum Gasteiger partial charge on any atom is 0.347 e. The van der Waals surface area contributed by atoms with Crippen LogP contribution in [0.15, 0.2) is 36.5 Å². The van der Waals surface area contributed by atoms with E-state index in [4.69, 9.17) is 0 Å². The zero-order valence-corrected chi connectivity index (χ0v) is 31.2. The van der Waals surface area contributed by atoms with Gasteiger partial charge in [0.05, 0.1) is 11.1 Å². The van der Waals surface area contributed by atoms with Crippen molar-refractivity contribution in [3.63, 3.8) is 0 Å². The van der Waals surface area contributed by atoms with Gasteiger partial charge in [0.2, 0.25) is 0 Å². The molecule has 0 spiro atoms. The smallest absolute Gasteiger partial charge is 0.296 e. The summed E-state index contributed by atoms with van der Waals surface area (Å²) in [7, 11) is 0. The lowest BCUT2D eigenvalue weighted by Gasteiger charge is -2.70. The van der Waals surface area contributed by atoms with Gasteiger partial charge in [-0.25, -0.2) is 13.4 Å². The first-order valence-corrected chi connectivity index (χ1v) is 16.2. The van der Waals surface area contributed by atoms with E-state index >= 15 is 0 Å². The van der Waals surface area contributed by atoms with Gasteiger partial charge in [0.15, 0.2) is 22.2 Å². The third kappa shape index (κ3) is 3.27. The third-order valence-electron chi connectivity index (χ3n) is 15.4. The lowest BCUT2D eigenvalue weighted by Crippen LogP contribution is -2.94. The number of nitrogens with one attached hydrogen (secondary N) is 1. The Bertz CT molecular complexity index is 1080. The van der Waals surface area contributed by atoms with Crippen LogP contribution in [0.1, 0.15) is 132 Å². The lowest BCUT2D eigenvalue weighted by molar-refractivity contribution is -1.27. The summed E-state index contributed by atoms with van der Waals surface area (Å²) in [6.45, 7) is 64.7. The monoisotopic (exact) mass is 572 g/mol. The molecule has 3 heterocycles. The first-order valence-electron chi connectivity index (χ1n) is 16.2. The van der Waals surface area contributed by atoms with Gasteiger partial charge in [0, 0.05) is 0 Å². The Morgan fingerprint density at radius 2 is 0.634 bits per heavy atom. The molecule has 0 aromatic carbocycles. The first-order chi connectivity index (χ1) is 17.8. The predicted molar refractivity (Wildman–Crippen MR) is 179 cm³/mol. The molecular weight excluding hydrogens is 500 g/mol. The fourth-order valence-corrected chi connectivity index (χ4v) is 11.6. The molecule has 0 bridgehead atoms. The second-order valence-electron chi connectivity index (χ2n) is 19.0. The van der Waals surface area contributed by atoms with Crippen LogP contribution in [0.4, 0.5) is 0 Å². The minimum atomic E-state index is -0.185. The fourth-order valence-electron chi connectivity index (χ4n) is 11.6. The summed E-state index contributed by atoms with van der Waals surface area (Å²) in [5, 5.41) is 4.37. The average molecular weight is 572 g/mol. The quantitative estimate of drug-likeness (QED) is 0.250. The van der Waals surface area contributed by atoms with Crippen molar-refractivity contribution >= 4 is 0 Å². The van der Waals surface area contributed by atoms with Crippen molar-refractivity contribution in [2.45, 2.75) is 182 Å². The van der Waals surface area contributed by atoms with Gasteiger partial charge in [-0.1, -0.05) is 19.7 Å². The molecule has 3 saturated heterocycles. The number of hydrogen-bond acceptors (Lipinski definition) is 1. The second-order valence-corrected chi connectivity index (χ2v) is 19.0. The molecule has 0 saturated carbocycles. The largest absolute Gasteiger partial charge is 0.347 e. The highest BCUT2D eigenvalue weighted by Gasteiger charge is 2.99. The van der Waals surface area contributed by atoms with Crippen LogP contribution in [0.5, 0.6) is 0 Å². The van der Waals surface area contributed by atoms with E-state index in [9.17, 15) is 0 Å². The number of quaternary nitrogens is 3. The highest BCUT2D eigenvalue weighted by Crippen LogP contribution is 2.74. The van der Waals surface area contributed by atoms with Crippen LogP contribution >= 0.6 is 0 Å². The Morgan fingerprint density at radius 3 is 0.829 bits per heavy atom. The molecule has 4 atom stereocenters. The molecule has 3 aliphatic rings. The van der Waals surface area contributed by atoms with E-state index in [1.165, 1.54) is 16.7 Å². The first kappa shape index (κ1) is 34.5. The van der Waals surface area contributed by atoms with E-state index in [1.807, 2.05) is 0 Å². The van der Waals surface area contributed by atoms with Crippen LogP contribution in [-0.4, -0.2) is 83.7 Å². The average Bonchev–Trinajstić information content (AvgIpc) is 2.91. The molecule has 236 valence electrons. The summed E-state index contributed by atoms with van der Waals surface area (Å²) in [5.74, 6) is 0. The van der Waals surface area contributed by atoms with Gasteiger partial charge in [-0.05, 0) is 148 Å². The van der Waals surface area contributed by atoms with Crippen molar-refractivity contribution in [3.05, 3.63) is 36.5 Å². The molecule has 3 aliphatic heterocycles. The number of hydrogen-bond donors (Lipinski definition) is 1. The zero-order chi connectivity index (χ0) is 32.6. The Hall–Kier alpha value is -0.940. The van der Waals surface area contributed by atoms with Gasteiger partial charge in [-0.15, -0.1) is 0 Å². The van der Waals surface area contributed by atoms with Crippen LogP contribution in [0.2, 0.25) is 0 Å². The van der Waals surface area contributed by atoms with Gasteiger partial charge in [0.25, 0.3) is 0 Å². The molecule has 4 heteroatoms. The fraction of sp³-hybridized carbons (Fsp3) is 0.838. The van der Waals surface area contributed by atoms with Crippen molar-refractivity contribution in [2.24, 2.45) is 0 Å². The van der Waals surface area contributed by atoms with Gasteiger partial charge < -0.3 is 0 Å². The standard InChI is InChI=1S/C37H71N4/c1-26(2)23-39-29-40(24-27(3)4,33(13,14)31(9,10)38-30(7,8)32(39,11)12)35(17,18)37(21,22)41(29,25-28(5)6)36(19,20)34(39,15)16/h29,38H,1,3,5,23-25H2,2,4,6-22H3/q+3/t29?,39-,40+,41?. The summed E-state index contributed by atoms with van der Waals surface area (Å²) in [5.41, 5.74) is 2.67. The molecule has 3 fully saturated rings. The van der Waals surface area contributed by atoms with E-state index in [-0.39, 0.29) is 50.6 Å². The lowest BCUT2D eigenvalue weighted by atomic mass is 9.64. The van der Waals surface area contributed by atoms with Crippen molar-refractivity contribution in [1.29, 1.82) is 0 Å². The van der Waals surface area contributed by atoms with Crippen molar-refractivity contribution < 1.29 is 13.4 Å². The molecule has 0 aromatic rings. The second kappa shape index (κ2) is 8.61. The topological polar surface area (TPSA) is 12.0 Å². The van der Waals surface area contributed by atoms with E-state index in [0.29, 0.717) is 0 Å². The number of nitrogens with zero attached hydrogens (tertiary/aromatic N) is 3. The molecule has 4 nitrogen and oxygen atoms in total. The van der Waals surface area contributed by atoms with Crippen LogP contribution in [0, 0.1) is 0 Å². The van der Waals surface area contributed by atoms with E-state index in [2.05, 4.69) is 157 Å². The van der Waals surface area contributed by atoms with E-state index in [0.717, 1.165) is 33.1 Å². The molecule has 1 N–H and O–H groups in total. The van der Waals surface area contributed by atoms with Crippen LogP contribution < -0.4 is 5.32 Å². The molecule has 0 aliphatic carbocycles. The van der Waals surface area contributed by atoms with Crippen LogP contribution in [0.3, 0.4) is 0 Å². The SMILES string of the molecule is C=C(C)C[N+]12C3[N@@+](CC(=C)C)(C(C)(C)C(C)(C)NC(C)(C)C(C)(C)[N@+]3(CC(=C)C)C(C)(C)C1(C)C)C(C)(C)C2(C)C. The Labute approximate surface area is 256 Å². The Morgan fingerprint density at radius 1 is 0.439 bits per heavy atom. The summed E-state index contributed by atoms with van der Waals surface area (Å²) in [6, 6.07) is 0. The van der Waals surface area contributed by atoms with Crippen molar-refractivity contribution in [3.8, 4) is 0 Å². The maximum atomic E-state index is 4.68. The summed E-state index contributed by atoms with van der Waals surface area (Å²) < 4.78 is 2.90. The number of rotatable bonds is 6. The summed E-state index contributed by atoms with van der Waals surface area (Å²) in [6.07, 6.45) is 0.223. The molecule has 0 radical (unpaired) electrons. The summed E-state index contributed by atoms with van der Waals surface area (Å²) >= 11 is 0. The van der Waals surface area contributed by atoms with Gasteiger partial charge in [-0.3, -0.25) is 5.32 Å². The molecule has 2 unspecified atom stereocenters.